The molecule has 28 heavy (non-hydrogen) atoms. The molecule has 1 N–H and O–H groups in total. The lowest BCUT2D eigenvalue weighted by atomic mass is 9.79. The van der Waals surface area contributed by atoms with Crippen molar-refractivity contribution in [1.29, 1.82) is 0 Å². The van der Waals surface area contributed by atoms with Gasteiger partial charge in [-0.15, -0.1) is 0 Å². The largest absolute Gasteiger partial charge is 0.431 e. The molecule has 3 aromatic carbocycles. The van der Waals surface area contributed by atoms with Gasteiger partial charge in [0.25, 0.3) is 5.22 Å². The zero-order chi connectivity index (χ0) is 19.2. The van der Waals surface area contributed by atoms with Crippen molar-refractivity contribution >= 4 is 22.9 Å². The molecule has 0 aliphatic heterocycles. The van der Waals surface area contributed by atoms with E-state index in [1.165, 1.54) is 11.1 Å². The Balaban J connectivity index is 1.58. The molecule has 4 heteroatoms. The highest BCUT2D eigenvalue weighted by Crippen LogP contribution is 2.35. The zero-order valence-electron chi connectivity index (χ0n) is 15.6. The number of thioether (sulfide) groups is 1. The molecular weight excluding hydrogens is 366 g/mol. The maximum Gasteiger partial charge on any atom is 0.256 e. The number of oxazole rings is 1. The van der Waals surface area contributed by atoms with E-state index < -0.39 is 0 Å². The summed E-state index contributed by atoms with van der Waals surface area (Å²) in [7, 11) is 0. The summed E-state index contributed by atoms with van der Waals surface area (Å²) in [6.07, 6.45) is 1.60. The highest BCUT2D eigenvalue weighted by molar-refractivity contribution is 7.99. The van der Waals surface area contributed by atoms with E-state index in [0.29, 0.717) is 5.22 Å². The molecule has 0 aliphatic carbocycles. The van der Waals surface area contributed by atoms with Gasteiger partial charge in [-0.05, 0) is 36.1 Å². The van der Waals surface area contributed by atoms with E-state index in [1.807, 2.05) is 60.7 Å². The lowest BCUT2D eigenvalue weighted by Crippen LogP contribution is -2.33. The average Bonchev–Trinajstić information content (AvgIpc) is 3.17. The minimum absolute atomic E-state index is 0.101. The Morgan fingerprint density at radius 3 is 1.93 bits per heavy atom. The predicted octanol–water partition coefficient (Wildman–Crippen LogP) is 5.38. The van der Waals surface area contributed by atoms with E-state index in [2.05, 4.69) is 29.2 Å². The molecule has 0 radical (unpaired) electrons. The first-order valence-corrected chi connectivity index (χ1v) is 10.4. The quantitative estimate of drug-likeness (QED) is 0.411. The number of rotatable bonds is 8. The normalized spacial score (nSPS) is 11.8. The van der Waals surface area contributed by atoms with E-state index in [4.69, 9.17) is 4.42 Å². The van der Waals surface area contributed by atoms with Gasteiger partial charge in [0, 0.05) is 11.2 Å². The van der Waals surface area contributed by atoms with Crippen LogP contribution >= 0.6 is 11.8 Å². The molecule has 0 amide bonds. The molecule has 0 atom stereocenters. The summed E-state index contributed by atoms with van der Waals surface area (Å²) < 4.78 is 5.88. The Labute approximate surface area is 169 Å². The van der Waals surface area contributed by atoms with Gasteiger partial charge in [0.1, 0.15) is 5.52 Å². The monoisotopic (exact) mass is 389 g/mol. The van der Waals surface area contributed by atoms with Crippen molar-refractivity contribution in [3.8, 4) is 0 Å². The van der Waals surface area contributed by atoms with Crippen LogP contribution < -0.4 is 0 Å². The molecule has 0 fully saturated rings. The first kappa shape index (κ1) is 18.8. The van der Waals surface area contributed by atoms with Gasteiger partial charge < -0.3 is 9.52 Å². The third kappa shape index (κ3) is 4.46. The van der Waals surface area contributed by atoms with Gasteiger partial charge in [0.05, 0.1) is 6.61 Å². The minimum Gasteiger partial charge on any atom is -0.431 e. The van der Waals surface area contributed by atoms with Crippen LogP contribution in [0.5, 0.6) is 0 Å². The summed E-state index contributed by atoms with van der Waals surface area (Å²) in [6, 6.07) is 28.5. The second-order valence-electron chi connectivity index (χ2n) is 7.22. The molecule has 0 bridgehead atoms. The van der Waals surface area contributed by atoms with Gasteiger partial charge in [-0.2, -0.15) is 0 Å². The fraction of sp³-hybridized carbons (Fsp3) is 0.208. The highest BCUT2D eigenvalue weighted by atomic mass is 32.2. The summed E-state index contributed by atoms with van der Waals surface area (Å²) in [5, 5.41) is 11.1. The smallest absolute Gasteiger partial charge is 0.256 e. The Morgan fingerprint density at radius 2 is 1.36 bits per heavy atom. The van der Waals surface area contributed by atoms with Crippen LogP contribution in [0.2, 0.25) is 0 Å². The van der Waals surface area contributed by atoms with E-state index >= 15 is 0 Å². The predicted molar refractivity (Wildman–Crippen MR) is 115 cm³/mol. The number of aromatic nitrogens is 1. The van der Waals surface area contributed by atoms with Crippen LogP contribution in [-0.4, -0.2) is 22.5 Å². The molecule has 1 heterocycles. The van der Waals surface area contributed by atoms with Crippen molar-refractivity contribution in [2.75, 3.05) is 12.4 Å². The molecule has 0 saturated carbocycles. The molecule has 0 spiro atoms. The maximum atomic E-state index is 10.5. The lowest BCUT2D eigenvalue weighted by Gasteiger charge is -2.31. The molecule has 4 aromatic rings. The number of aliphatic hydroxyl groups excluding tert-OH is 1. The number of hydrogen-bond acceptors (Lipinski definition) is 4. The Morgan fingerprint density at radius 1 is 0.786 bits per heavy atom. The van der Waals surface area contributed by atoms with Crippen LogP contribution in [0.4, 0.5) is 0 Å². The molecule has 0 saturated heterocycles. The van der Waals surface area contributed by atoms with E-state index in [0.717, 1.165) is 29.7 Å². The third-order valence-corrected chi connectivity index (χ3v) is 6.13. The van der Waals surface area contributed by atoms with E-state index in [-0.39, 0.29) is 12.0 Å². The molecule has 4 rings (SSSR count). The van der Waals surface area contributed by atoms with Crippen molar-refractivity contribution in [1.82, 2.24) is 4.98 Å². The second kappa shape index (κ2) is 8.63. The standard InChI is InChI=1S/C24H23NO2S/c26-17-24(15-19-9-3-1-4-10-19,16-20-11-5-2-6-12-20)18-28-23-25-21-13-7-8-14-22(21)27-23/h1-14,26H,15-18H2. The van der Waals surface area contributed by atoms with Crippen molar-refractivity contribution in [3.05, 3.63) is 96.1 Å². The van der Waals surface area contributed by atoms with Gasteiger partial charge in [0.15, 0.2) is 5.58 Å². The maximum absolute atomic E-state index is 10.5. The molecule has 1 aromatic heterocycles. The van der Waals surface area contributed by atoms with Gasteiger partial charge in [-0.3, -0.25) is 0 Å². The number of hydrogen-bond donors (Lipinski definition) is 1. The van der Waals surface area contributed by atoms with Crippen LogP contribution in [0, 0.1) is 5.41 Å². The summed E-state index contributed by atoms with van der Waals surface area (Å²) in [4.78, 5) is 4.58. The fourth-order valence-corrected chi connectivity index (χ4v) is 4.54. The number of para-hydroxylation sites is 2. The van der Waals surface area contributed by atoms with Crippen molar-refractivity contribution in [2.24, 2.45) is 5.41 Å². The minimum atomic E-state index is -0.298. The molecule has 142 valence electrons. The summed E-state index contributed by atoms with van der Waals surface area (Å²) >= 11 is 1.58. The molecule has 0 aliphatic rings. The molecule has 3 nitrogen and oxygen atoms in total. The number of aliphatic hydroxyl groups is 1. The first-order chi connectivity index (χ1) is 13.8. The summed E-state index contributed by atoms with van der Waals surface area (Å²) in [5.41, 5.74) is 3.82. The highest BCUT2D eigenvalue weighted by Gasteiger charge is 2.31. The number of fused-ring (bicyclic) bond motifs is 1. The SMILES string of the molecule is OCC(CSc1nc2ccccc2o1)(Cc1ccccc1)Cc1ccccc1. The van der Waals surface area contributed by atoms with Crippen LogP contribution in [0.3, 0.4) is 0 Å². The van der Waals surface area contributed by atoms with E-state index in [9.17, 15) is 5.11 Å². The van der Waals surface area contributed by atoms with Crippen LogP contribution in [0.25, 0.3) is 11.1 Å². The van der Waals surface area contributed by atoms with Crippen LogP contribution in [0.15, 0.2) is 94.6 Å². The van der Waals surface area contributed by atoms with Gasteiger partial charge >= 0.3 is 0 Å². The summed E-state index contributed by atoms with van der Waals surface area (Å²) in [5.74, 6) is 0.722. The Bertz CT molecular complexity index is 940. The van der Waals surface area contributed by atoms with Gasteiger partial charge in [0.2, 0.25) is 0 Å². The second-order valence-corrected chi connectivity index (χ2v) is 8.15. The third-order valence-electron chi connectivity index (χ3n) is 4.96. The topological polar surface area (TPSA) is 46.3 Å². The average molecular weight is 390 g/mol. The summed E-state index contributed by atoms with van der Waals surface area (Å²) in [6.45, 7) is 0.101. The van der Waals surface area contributed by atoms with Crippen molar-refractivity contribution in [2.45, 2.75) is 18.1 Å². The van der Waals surface area contributed by atoms with Crippen molar-refractivity contribution < 1.29 is 9.52 Å². The number of benzene rings is 3. The molecule has 0 unspecified atom stereocenters. The zero-order valence-corrected chi connectivity index (χ0v) is 16.4. The lowest BCUT2D eigenvalue weighted by molar-refractivity contribution is 0.146. The first-order valence-electron chi connectivity index (χ1n) is 9.43. The van der Waals surface area contributed by atoms with Crippen LogP contribution in [0.1, 0.15) is 11.1 Å². The number of nitrogens with zero attached hydrogens (tertiary/aromatic N) is 1. The van der Waals surface area contributed by atoms with Gasteiger partial charge in [-0.1, -0.05) is 84.6 Å². The van der Waals surface area contributed by atoms with E-state index in [1.54, 1.807) is 11.8 Å². The molecular formula is C24H23NO2S. The van der Waals surface area contributed by atoms with Gasteiger partial charge in [-0.25, -0.2) is 4.98 Å². The fourth-order valence-electron chi connectivity index (χ4n) is 3.51. The van der Waals surface area contributed by atoms with Crippen LogP contribution in [-0.2, 0) is 12.8 Å². The Hall–Kier alpha value is -2.56. The van der Waals surface area contributed by atoms with Crippen molar-refractivity contribution in [3.63, 3.8) is 0 Å². The Kier molecular flexibility index (Phi) is 5.79.